The molecule has 128 valence electrons. The number of nitriles is 1. The van der Waals surface area contributed by atoms with Crippen LogP contribution in [-0.2, 0) is 0 Å². The van der Waals surface area contributed by atoms with Gasteiger partial charge in [-0.1, -0.05) is 24.3 Å². The number of carbonyl (C=O) groups excluding carboxylic acids is 1. The molecule has 0 saturated heterocycles. The molecule has 0 fully saturated rings. The van der Waals surface area contributed by atoms with Crippen LogP contribution in [0.4, 0.5) is 0 Å². The second kappa shape index (κ2) is 6.95. The van der Waals surface area contributed by atoms with Crippen molar-refractivity contribution >= 4 is 22.6 Å². The maximum absolute atomic E-state index is 12.1. The smallest absolute Gasteiger partial charge is 0.280 e. The predicted octanol–water partition coefficient (Wildman–Crippen LogP) is 2.80. The standard InChI is InChI=1S/C20H16N4O2/c1-26-18-9-12(11-21)5-8-16(18)15-4-2-3-13-6-7-14(10-17(13)15)19(25)24-20(22)23/h2-10H,1H3,(H4,22,23,24,25). The molecule has 0 aromatic heterocycles. The van der Waals surface area contributed by atoms with Gasteiger partial charge in [0.2, 0.25) is 0 Å². The molecule has 0 radical (unpaired) electrons. The van der Waals surface area contributed by atoms with Crippen LogP contribution in [0.2, 0.25) is 0 Å². The summed E-state index contributed by atoms with van der Waals surface area (Å²) in [6.45, 7) is 0. The molecule has 6 heteroatoms. The summed E-state index contributed by atoms with van der Waals surface area (Å²) in [5.41, 5.74) is 13.2. The van der Waals surface area contributed by atoms with Crippen LogP contribution < -0.4 is 16.2 Å². The van der Waals surface area contributed by atoms with Gasteiger partial charge in [-0.3, -0.25) is 4.79 Å². The van der Waals surface area contributed by atoms with Crippen molar-refractivity contribution in [3.05, 3.63) is 65.7 Å². The minimum atomic E-state index is -0.506. The number of hydrogen-bond acceptors (Lipinski definition) is 3. The van der Waals surface area contributed by atoms with E-state index in [9.17, 15) is 4.79 Å². The highest BCUT2D eigenvalue weighted by Crippen LogP contribution is 2.36. The molecule has 6 nitrogen and oxygen atoms in total. The minimum Gasteiger partial charge on any atom is -0.496 e. The monoisotopic (exact) mass is 344 g/mol. The summed E-state index contributed by atoms with van der Waals surface area (Å²) >= 11 is 0. The molecule has 0 bridgehead atoms. The van der Waals surface area contributed by atoms with E-state index in [0.717, 1.165) is 21.9 Å². The second-order valence-corrected chi connectivity index (χ2v) is 5.61. The zero-order valence-corrected chi connectivity index (χ0v) is 14.1. The number of methoxy groups -OCH3 is 1. The molecule has 3 aromatic rings. The Labute approximate surface area is 150 Å². The number of fused-ring (bicyclic) bond motifs is 1. The number of benzene rings is 3. The Kier molecular flexibility index (Phi) is 4.54. The molecule has 26 heavy (non-hydrogen) atoms. The molecule has 0 aliphatic heterocycles. The van der Waals surface area contributed by atoms with E-state index >= 15 is 0 Å². The van der Waals surface area contributed by atoms with Crippen LogP contribution in [0.25, 0.3) is 21.9 Å². The topological polar surface area (TPSA) is 114 Å². The molecular formula is C20H16N4O2. The summed E-state index contributed by atoms with van der Waals surface area (Å²) < 4.78 is 5.45. The van der Waals surface area contributed by atoms with Crippen LogP contribution in [0.5, 0.6) is 5.75 Å². The quantitative estimate of drug-likeness (QED) is 0.560. The summed E-state index contributed by atoms with van der Waals surface area (Å²) in [5.74, 6) is -0.205. The highest BCUT2D eigenvalue weighted by atomic mass is 16.5. The van der Waals surface area contributed by atoms with Gasteiger partial charge >= 0.3 is 0 Å². The van der Waals surface area contributed by atoms with Gasteiger partial charge in [-0.25, -0.2) is 0 Å². The molecule has 3 rings (SSSR count). The number of ether oxygens (including phenoxy) is 1. The van der Waals surface area contributed by atoms with Gasteiger partial charge < -0.3 is 16.2 Å². The van der Waals surface area contributed by atoms with E-state index in [1.807, 2.05) is 30.3 Å². The fourth-order valence-electron chi connectivity index (χ4n) is 2.81. The van der Waals surface area contributed by atoms with Gasteiger partial charge in [0.15, 0.2) is 5.96 Å². The normalized spacial score (nSPS) is 10.2. The molecule has 3 aromatic carbocycles. The summed E-state index contributed by atoms with van der Waals surface area (Å²) in [6.07, 6.45) is 0. The zero-order chi connectivity index (χ0) is 18.7. The van der Waals surface area contributed by atoms with Crippen LogP contribution in [0.15, 0.2) is 59.6 Å². The largest absolute Gasteiger partial charge is 0.496 e. The van der Waals surface area contributed by atoms with Gasteiger partial charge in [0.1, 0.15) is 5.75 Å². The molecule has 0 saturated carbocycles. The van der Waals surface area contributed by atoms with E-state index in [0.29, 0.717) is 16.9 Å². The van der Waals surface area contributed by atoms with Gasteiger partial charge in [0, 0.05) is 11.1 Å². The number of hydrogen-bond donors (Lipinski definition) is 2. The number of amides is 1. The Morgan fingerprint density at radius 1 is 1.08 bits per heavy atom. The van der Waals surface area contributed by atoms with Crippen molar-refractivity contribution in [2.75, 3.05) is 7.11 Å². The predicted molar refractivity (Wildman–Crippen MR) is 101 cm³/mol. The Morgan fingerprint density at radius 3 is 2.58 bits per heavy atom. The molecular weight excluding hydrogens is 328 g/mol. The molecule has 0 aliphatic rings. The van der Waals surface area contributed by atoms with Crippen molar-refractivity contribution in [1.29, 1.82) is 5.26 Å². The Hall–Kier alpha value is -3.85. The van der Waals surface area contributed by atoms with E-state index in [4.69, 9.17) is 21.5 Å². The molecule has 4 N–H and O–H groups in total. The lowest BCUT2D eigenvalue weighted by Gasteiger charge is -2.12. The van der Waals surface area contributed by atoms with Gasteiger partial charge in [-0.2, -0.15) is 10.3 Å². The summed E-state index contributed by atoms with van der Waals surface area (Å²) in [4.78, 5) is 15.7. The average Bonchev–Trinajstić information content (AvgIpc) is 2.66. The minimum absolute atomic E-state index is 0.280. The Morgan fingerprint density at radius 2 is 1.88 bits per heavy atom. The fourth-order valence-corrected chi connectivity index (χ4v) is 2.81. The van der Waals surface area contributed by atoms with E-state index < -0.39 is 5.91 Å². The van der Waals surface area contributed by atoms with E-state index in [-0.39, 0.29) is 5.96 Å². The van der Waals surface area contributed by atoms with Crippen LogP contribution in [0.3, 0.4) is 0 Å². The first-order chi connectivity index (χ1) is 12.5. The molecule has 0 aliphatic carbocycles. The van der Waals surface area contributed by atoms with Crippen LogP contribution in [0, 0.1) is 11.3 Å². The molecule has 1 amide bonds. The van der Waals surface area contributed by atoms with E-state index in [1.165, 1.54) is 0 Å². The van der Waals surface area contributed by atoms with E-state index in [1.54, 1.807) is 31.4 Å². The van der Waals surface area contributed by atoms with Crippen molar-refractivity contribution in [1.82, 2.24) is 0 Å². The van der Waals surface area contributed by atoms with Crippen LogP contribution >= 0.6 is 0 Å². The third kappa shape index (κ3) is 3.19. The molecule has 0 heterocycles. The number of guanidine groups is 1. The lowest BCUT2D eigenvalue weighted by molar-refractivity contribution is 0.100. The maximum atomic E-state index is 12.1. The average molecular weight is 344 g/mol. The van der Waals surface area contributed by atoms with Gasteiger partial charge in [-0.15, -0.1) is 0 Å². The first kappa shape index (κ1) is 17.0. The number of carbonyl (C=O) groups is 1. The number of aliphatic imine (C=N–C) groups is 1. The van der Waals surface area contributed by atoms with Crippen molar-refractivity contribution < 1.29 is 9.53 Å². The van der Waals surface area contributed by atoms with Gasteiger partial charge in [-0.05, 0) is 46.7 Å². The first-order valence-corrected chi connectivity index (χ1v) is 7.78. The third-order valence-electron chi connectivity index (χ3n) is 3.98. The lowest BCUT2D eigenvalue weighted by atomic mass is 9.95. The molecule has 0 spiro atoms. The summed E-state index contributed by atoms with van der Waals surface area (Å²) in [5, 5.41) is 10.9. The first-order valence-electron chi connectivity index (χ1n) is 7.78. The zero-order valence-electron chi connectivity index (χ0n) is 14.1. The SMILES string of the molecule is COc1cc(C#N)ccc1-c1cccc2ccc(C(=O)N=C(N)N)cc12. The third-order valence-corrected chi connectivity index (χ3v) is 3.98. The number of nitrogens with two attached hydrogens (primary N) is 2. The maximum Gasteiger partial charge on any atom is 0.280 e. The fraction of sp³-hybridized carbons (Fsp3) is 0.0500. The second-order valence-electron chi connectivity index (χ2n) is 5.61. The highest BCUT2D eigenvalue weighted by molar-refractivity contribution is 6.06. The summed E-state index contributed by atoms with van der Waals surface area (Å²) in [7, 11) is 1.55. The number of nitrogens with zero attached hydrogens (tertiary/aromatic N) is 2. The molecule has 0 unspecified atom stereocenters. The molecule has 0 atom stereocenters. The van der Waals surface area contributed by atoms with Crippen molar-refractivity contribution in [2.24, 2.45) is 16.5 Å². The van der Waals surface area contributed by atoms with E-state index in [2.05, 4.69) is 11.1 Å². The van der Waals surface area contributed by atoms with Crippen molar-refractivity contribution in [3.63, 3.8) is 0 Å². The van der Waals surface area contributed by atoms with Crippen LogP contribution in [-0.4, -0.2) is 19.0 Å². The Bertz CT molecular complexity index is 1080. The highest BCUT2D eigenvalue weighted by Gasteiger charge is 2.12. The van der Waals surface area contributed by atoms with Gasteiger partial charge in [0.25, 0.3) is 5.91 Å². The number of rotatable bonds is 3. The van der Waals surface area contributed by atoms with Crippen molar-refractivity contribution in [3.8, 4) is 22.9 Å². The van der Waals surface area contributed by atoms with Crippen molar-refractivity contribution in [2.45, 2.75) is 0 Å². The summed E-state index contributed by atoms with van der Waals surface area (Å²) in [6, 6.07) is 18.4. The van der Waals surface area contributed by atoms with Crippen LogP contribution in [0.1, 0.15) is 15.9 Å². The van der Waals surface area contributed by atoms with Gasteiger partial charge in [0.05, 0.1) is 18.7 Å². The lowest BCUT2D eigenvalue weighted by Crippen LogP contribution is -2.24. The Balaban J connectivity index is 2.23.